The lowest BCUT2D eigenvalue weighted by atomic mass is 9.45. The average Bonchev–Trinajstić information content (AvgIpc) is 0.787. The second kappa shape index (κ2) is 37.2. The summed E-state index contributed by atoms with van der Waals surface area (Å²) in [6.45, 7) is 9.16. The van der Waals surface area contributed by atoms with Crippen LogP contribution in [0.4, 0.5) is 26.3 Å². The van der Waals surface area contributed by atoms with E-state index in [0.717, 1.165) is 180 Å². The van der Waals surface area contributed by atoms with Crippen molar-refractivity contribution < 1.29 is 31.1 Å². The van der Waals surface area contributed by atoms with E-state index in [1.54, 1.807) is 116 Å². The molecule has 0 aliphatic heterocycles. The summed E-state index contributed by atoms with van der Waals surface area (Å²) < 4.78 is 82.6. The number of halogens is 6. The highest BCUT2D eigenvalue weighted by Crippen LogP contribution is 2.70. The quantitative estimate of drug-likeness (QED) is 0.0659. The number of fused-ring (bicyclic) bond motifs is 10. The SMILES string of the molecule is CC1(Sc2ncnc3ccc(F)cc23)CCC2CC1C2(C)C.CCC(=O)CC12CC3CC(C1)CC(Sc1ncnc4ccc(F)cc14)(C3)C2.CN(C)C1C2CC3CC1CC(Sc1ncnc4ccc(F)cc14)(C3)C2.Fc1ccc2ncnc(SC34CC5CC(CC(C5)C3)C4)c2c1.Fc1ccc2ncnc(SC3CC4CCC3C4)c2c1.Fc1ccc2ncnc(SC3CCCC3)c2c1. The maximum atomic E-state index is 13.9. The van der Waals surface area contributed by atoms with E-state index in [9.17, 15) is 31.1 Å². The molecule has 14 nitrogen and oxygen atoms in total. The molecule has 16 bridgehead atoms. The highest BCUT2D eigenvalue weighted by atomic mass is 32.2. The molecule has 26 heteroatoms. The van der Waals surface area contributed by atoms with Crippen molar-refractivity contribution in [2.75, 3.05) is 14.1 Å². The van der Waals surface area contributed by atoms with Crippen LogP contribution >= 0.6 is 70.6 Å². The molecule has 18 fully saturated rings. The fourth-order valence-electron chi connectivity index (χ4n) is 28.6. The van der Waals surface area contributed by atoms with Crippen LogP contribution in [0, 0.1) is 117 Å². The van der Waals surface area contributed by atoms with Gasteiger partial charge in [-0.3, -0.25) is 4.79 Å². The second-order valence-electron chi connectivity index (χ2n) is 42.9. The Bertz CT molecular complexity index is 6180. The Morgan fingerprint density at radius 1 is 0.371 bits per heavy atom. The molecule has 0 spiro atoms. The van der Waals surface area contributed by atoms with Gasteiger partial charge in [0.25, 0.3) is 0 Å². The summed E-state index contributed by atoms with van der Waals surface area (Å²) >= 11 is 11.1. The molecule has 0 radical (unpaired) electrons. The van der Waals surface area contributed by atoms with Gasteiger partial charge in [-0.05, 0) is 373 Å². The standard InChI is InChI=1S/C22H25FN2OS.C20H24FN3S.C18H19FN2S.C18H21FN2S.C15H15FN2S.C13H13FN2S/c1-2-17(26)11-21-7-14-5-15(8-21)10-22(9-14,12-21)27-20-18-6-16(23)3-4-19(18)24-13-25-20;1-24(2)18-13-5-12-6-14(18)10-20(8-12,9-13)25-19-16-7-15(21)3-4-17(16)22-11-23-19;19-14-1-2-16-15(6-14)17(21-10-20-16)22-18-7-11-3-12(8-18)5-13(4-11)9-18;1-17(2)11-6-7-18(3,15(17)8-11)22-16-13-9-12(19)4-5-14(13)20-10-21-16;16-11-3-4-13-12(7-11)15(18-8-17-13)19-14-6-9-1-2-10(14)5-9;14-9-5-6-12-11(7-9)13(16-8-15-12)17-10-3-1-2-4-10/h3-4,6,13-15H,2,5,7-12H2,1H3;3-4,7,11-14,18H,5-6,8-10H2,1-2H3;1-2,6,10-13H,3-5,7-9H2;4-5,9-11,15H,6-8H2,1-3H3;3-4,7-10,14H,1-2,5-6H2;5-8,10H,1-4H2. The molecule has 6 heterocycles. The van der Waals surface area contributed by atoms with Gasteiger partial charge in [-0.15, -0.1) is 23.5 Å². The molecule has 10 atom stereocenters. The molecule has 6 aromatic heterocycles. The van der Waals surface area contributed by atoms with Gasteiger partial charge in [0.1, 0.15) is 109 Å². The topological polar surface area (TPSA) is 175 Å². The molecule has 0 amide bonds. The number of rotatable bonds is 16. The lowest BCUT2D eigenvalue weighted by molar-refractivity contribution is -0.125. The molecular formula is C106H117F6N13OS6. The first-order valence-electron chi connectivity index (χ1n) is 48.4. The summed E-state index contributed by atoms with van der Waals surface area (Å²) in [5.41, 5.74) is 5.59. The van der Waals surface area contributed by atoms with Gasteiger partial charge in [0.15, 0.2) is 0 Å². The fourth-order valence-corrected chi connectivity index (χ4v) is 38.2. The van der Waals surface area contributed by atoms with Crippen LogP contribution < -0.4 is 0 Å². The minimum absolute atomic E-state index is 0.145. The van der Waals surface area contributed by atoms with Crippen molar-refractivity contribution in [1.29, 1.82) is 0 Å². The Morgan fingerprint density at radius 2 is 0.735 bits per heavy atom. The van der Waals surface area contributed by atoms with Crippen LogP contribution in [-0.2, 0) is 4.79 Å². The molecule has 30 rings (SSSR count). The van der Waals surface area contributed by atoms with Crippen molar-refractivity contribution in [3.8, 4) is 0 Å². The van der Waals surface area contributed by atoms with Gasteiger partial charge in [-0.1, -0.05) is 87.1 Å². The lowest BCUT2D eigenvalue weighted by Gasteiger charge is -2.64. The summed E-state index contributed by atoms with van der Waals surface area (Å²) in [5, 5.41) is 12.0. The first-order valence-corrected chi connectivity index (χ1v) is 53.4. The first kappa shape index (κ1) is 91.1. The number of ketones is 1. The van der Waals surface area contributed by atoms with Crippen molar-refractivity contribution in [1.82, 2.24) is 64.7 Å². The van der Waals surface area contributed by atoms with Gasteiger partial charge < -0.3 is 4.90 Å². The van der Waals surface area contributed by atoms with Gasteiger partial charge in [0.2, 0.25) is 0 Å². The highest BCUT2D eigenvalue weighted by molar-refractivity contribution is 8.02. The van der Waals surface area contributed by atoms with E-state index in [0.29, 0.717) is 38.8 Å². The minimum Gasteiger partial charge on any atom is -0.306 e. The second-order valence-corrected chi connectivity index (χ2v) is 51.3. The molecule has 6 aromatic carbocycles. The molecule has 18 saturated carbocycles. The first-order chi connectivity index (χ1) is 63.7. The fraction of sp³-hybridized carbons (Fsp3) is 0.538. The van der Waals surface area contributed by atoms with Crippen LogP contribution in [0.2, 0.25) is 0 Å². The van der Waals surface area contributed by atoms with E-state index < -0.39 is 0 Å². The van der Waals surface area contributed by atoms with Gasteiger partial charge >= 0.3 is 0 Å². The molecule has 690 valence electrons. The summed E-state index contributed by atoms with van der Waals surface area (Å²) in [4.78, 5) is 67.1. The van der Waals surface area contributed by atoms with Gasteiger partial charge in [-0.2, -0.15) is 0 Å². The zero-order valence-electron chi connectivity index (χ0n) is 76.2. The van der Waals surface area contributed by atoms with Crippen LogP contribution in [0.15, 0.2) is 177 Å². The molecule has 132 heavy (non-hydrogen) atoms. The van der Waals surface area contributed by atoms with Crippen molar-refractivity contribution >= 4 is 142 Å². The van der Waals surface area contributed by atoms with Gasteiger partial charge in [-0.25, -0.2) is 86.2 Å². The Hall–Kier alpha value is -7.33. The van der Waals surface area contributed by atoms with Crippen molar-refractivity contribution in [3.05, 3.63) is 182 Å². The summed E-state index contributed by atoms with van der Waals surface area (Å²) in [7, 11) is 4.49. The van der Waals surface area contributed by atoms with E-state index in [4.69, 9.17) is 0 Å². The third-order valence-corrected chi connectivity index (χ3v) is 41.8. The number of carbonyl (C=O) groups excluding carboxylic acids is 1. The van der Waals surface area contributed by atoms with Crippen LogP contribution in [0.1, 0.15) is 220 Å². The zero-order chi connectivity index (χ0) is 90.6. The van der Waals surface area contributed by atoms with E-state index in [2.05, 4.69) is 99.6 Å². The highest BCUT2D eigenvalue weighted by Gasteiger charge is 2.62. The lowest BCUT2D eigenvalue weighted by Crippen LogP contribution is -2.59. The van der Waals surface area contributed by atoms with Crippen LogP contribution in [0.25, 0.3) is 65.4 Å². The van der Waals surface area contributed by atoms with E-state index in [-0.39, 0.29) is 54.6 Å². The molecule has 12 aromatic rings. The van der Waals surface area contributed by atoms with Crippen LogP contribution in [-0.4, -0.2) is 120 Å². The predicted molar refractivity (Wildman–Crippen MR) is 521 cm³/mol. The van der Waals surface area contributed by atoms with E-state index in [1.165, 1.54) is 216 Å². The zero-order valence-corrected chi connectivity index (χ0v) is 81.1. The number of thioether (sulfide) groups is 6. The normalized spacial score (nSPS) is 31.8. The van der Waals surface area contributed by atoms with Gasteiger partial charge in [0, 0.05) is 80.7 Å². The molecular weight excluding hydrogens is 1780 g/mol. The third-order valence-electron chi connectivity index (χ3n) is 33.2. The van der Waals surface area contributed by atoms with Crippen molar-refractivity contribution in [2.24, 2.45) is 81.8 Å². The van der Waals surface area contributed by atoms with Gasteiger partial charge in [0.05, 0.1) is 33.1 Å². The predicted octanol–water partition coefficient (Wildman–Crippen LogP) is 27.7. The van der Waals surface area contributed by atoms with Crippen molar-refractivity contribution in [3.63, 3.8) is 0 Å². The maximum Gasteiger partial charge on any atom is 0.133 e. The molecule has 18 aliphatic carbocycles. The van der Waals surface area contributed by atoms with Crippen LogP contribution in [0.5, 0.6) is 0 Å². The number of hydrogen-bond donors (Lipinski definition) is 0. The summed E-state index contributed by atoms with van der Waals surface area (Å²) in [6.07, 6.45) is 47.6. The number of benzene rings is 6. The Morgan fingerprint density at radius 3 is 1.12 bits per heavy atom. The summed E-state index contributed by atoms with van der Waals surface area (Å²) in [5.74, 6) is 9.16. The Labute approximate surface area is 795 Å². The smallest absolute Gasteiger partial charge is 0.133 e. The molecule has 10 unspecified atom stereocenters. The number of carbonyl (C=O) groups is 1. The minimum atomic E-state index is -0.241. The Kier molecular flexibility index (Phi) is 25.7. The number of aromatic nitrogens is 12. The molecule has 0 saturated heterocycles. The van der Waals surface area contributed by atoms with Crippen molar-refractivity contribution in [2.45, 2.75) is 286 Å². The molecule has 18 aliphatic rings. The summed E-state index contributed by atoms with van der Waals surface area (Å²) in [6, 6.07) is 29.4. The largest absolute Gasteiger partial charge is 0.306 e. The Balaban J connectivity index is 0.0000000960. The number of Topliss-reactive ketones (excluding diaryl/α,β-unsaturated/α-hetero) is 1. The third kappa shape index (κ3) is 18.9. The van der Waals surface area contributed by atoms with E-state index >= 15 is 0 Å². The van der Waals surface area contributed by atoms with Crippen LogP contribution in [0.3, 0.4) is 0 Å². The number of hydrogen-bond acceptors (Lipinski definition) is 20. The van der Waals surface area contributed by atoms with E-state index in [1.807, 2.05) is 65.7 Å². The monoisotopic (exact) mass is 1890 g/mol. The number of nitrogens with zero attached hydrogens (tertiary/aromatic N) is 13. The maximum absolute atomic E-state index is 13.9. The average molecular weight is 1900 g/mol. The molecule has 0 N–H and O–H groups in total.